The Bertz CT molecular complexity index is 418. The monoisotopic (exact) mass is 301 g/mol. The molecule has 3 fully saturated rings. The van der Waals surface area contributed by atoms with E-state index in [1.165, 1.54) is 25.7 Å². The average Bonchev–Trinajstić information content (AvgIpc) is 3.31. The average molecular weight is 301 g/mol. The van der Waals surface area contributed by atoms with Gasteiger partial charge in [-0.15, -0.1) is 0 Å². The Morgan fingerprint density at radius 2 is 1.85 bits per heavy atom. The Morgan fingerprint density at radius 3 is 2.55 bits per heavy atom. The largest absolute Gasteiger partial charge is 0.314 e. The van der Waals surface area contributed by atoms with Gasteiger partial charge >= 0.3 is 0 Å². The molecule has 20 heavy (non-hydrogen) atoms. The van der Waals surface area contributed by atoms with Gasteiger partial charge < -0.3 is 5.32 Å². The summed E-state index contributed by atoms with van der Waals surface area (Å²) in [6, 6.07) is 0.707. The summed E-state index contributed by atoms with van der Waals surface area (Å²) in [5.41, 5.74) is 0. The van der Waals surface area contributed by atoms with Crippen LogP contribution >= 0.6 is 0 Å². The van der Waals surface area contributed by atoms with Crippen molar-refractivity contribution in [2.45, 2.75) is 51.0 Å². The molecule has 0 aromatic carbocycles. The van der Waals surface area contributed by atoms with Gasteiger partial charge in [-0.05, 0) is 50.5 Å². The molecular formula is C14H27N3O2S. The highest BCUT2D eigenvalue weighted by atomic mass is 32.2. The maximum atomic E-state index is 12.3. The van der Waals surface area contributed by atoms with Gasteiger partial charge in [0.1, 0.15) is 0 Å². The van der Waals surface area contributed by atoms with Crippen LogP contribution in [0.3, 0.4) is 0 Å². The zero-order valence-electron chi connectivity index (χ0n) is 12.2. The lowest BCUT2D eigenvalue weighted by Gasteiger charge is -2.32. The second kappa shape index (κ2) is 6.30. The second-order valence-corrected chi connectivity index (χ2v) is 8.44. The predicted octanol–water partition coefficient (Wildman–Crippen LogP) is 1.08. The fraction of sp³-hybridized carbons (Fsp3) is 1.00. The standard InChI is InChI=1S/C14H27N3O2S/c18-20(19,16-8-7-12-3-4-12)17-9-1-2-13(11-17)10-15-14-5-6-14/h12-16H,1-11H2. The maximum absolute atomic E-state index is 12.3. The van der Waals surface area contributed by atoms with E-state index in [1.54, 1.807) is 4.31 Å². The summed E-state index contributed by atoms with van der Waals surface area (Å²) in [5, 5.41) is 3.52. The van der Waals surface area contributed by atoms with Gasteiger partial charge in [-0.3, -0.25) is 0 Å². The molecule has 2 saturated carbocycles. The summed E-state index contributed by atoms with van der Waals surface area (Å²) in [4.78, 5) is 0. The van der Waals surface area contributed by atoms with E-state index in [0.717, 1.165) is 31.7 Å². The van der Waals surface area contributed by atoms with Crippen LogP contribution < -0.4 is 10.0 Å². The molecule has 1 heterocycles. The molecule has 3 rings (SSSR count). The molecule has 1 saturated heterocycles. The molecule has 0 aromatic heterocycles. The molecule has 1 atom stereocenters. The third-order valence-corrected chi connectivity index (χ3v) is 6.21. The predicted molar refractivity (Wildman–Crippen MR) is 79.6 cm³/mol. The molecule has 2 N–H and O–H groups in total. The van der Waals surface area contributed by atoms with E-state index in [0.29, 0.717) is 31.6 Å². The fourth-order valence-corrected chi connectivity index (χ4v) is 4.26. The minimum absolute atomic E-state index is 0.476. The summed E-state index contributed by atoms with van der Waals surface area (Å²) < 4.78 is 29.0. The van der Waals surface area contributed by atoms with Crippen LogP contribution in [0.15, 0.2) is 0 Å². The molecular weight excluding hydrogens is 274 g/mol. The highest BCUT2D eigenvalue weighted by Gasteiger charge is 2.30. The lowest BCUT2D eigenvalue weighted by Crippen LogP contribution is -2.48. The van der Waals surface area contributed by atoms with Gasteiger partial charge in [-0.1, -0.05) is 12.8 Å². The van der Waals surface area contributed by atoms with Crippen molar-refractivity contribution >= 4 is 10.2 Å². The molecule has 6 heteroatoms. The molecule has 0 amide bonds. The van der Waals surface area contributed by atoms with E-state index < -0.39 is 10.2 Å². The number of hydrogen-bond acceptors (Lipinski definition) is 3. The molecule has 1 unspecified atom stereocenters. The first kappa shape index (κ1) is 14.8. The summed E-state index contributed by atoms with van der Waals surface area (Å²) in [7, 11) is -3.25. The van der Waals surface area contributed by atoms with Gasteiger partial charge in [-0.2, -0.15) is 12.7 Å². The van der Waals surface area contributed by atoms with Crippen LogP contribution in [0.5, 0.6) is 0 Å². The van der Waals surface area contributed by atoms with Gasteiger partial charge in [0, 0.05) is 25.7 Å². The number of nitrogens with zero attached hydrogens (tertiary/aromatic N) is 1. The number of rotatable bonds is 8. The molecule has 0 radical (unpaired) electrons. The highest BCUT2D eigenvalue weighted by molar-refractivity contribution is 7.87. The van der Waals surface area contributed by atoms with Crippen molar-refractivity contribution in [3.63, 3.8) is 0 Å². The van der Waals surface area contributed by atoms with Crippen LogP contribution in [0.25, 0.3) is 0 Å². The number of piperidine rings is 1. The van der Waals surface area contributed by atoms with Crippen molar-refractivity contribution in [1.29, 1.82) is 0 Å². The second-order valence-electron chi connectivity index (χ2n) is 6.68. The normalized spacial score (nSPS) is 28.7. The third-order valence-electron chi connectivity index (χ3n) is 4.63. The van der Waals surface area contributed by atoms with Crippen LogP contribution in [-0.2, 0) is 10.2 Å². The van der Waals surface area contributed by atoms with Gasteiger partial charge in [0.25, 0.3) is 10.2 Å². The summed E-state index contributed by atoms with van der Waals surface area (Å²) in [5.74, 6) is 1.25. The smallest absolute Gasteiger partial charge is 0.279 e. The quantitative estimate of drug-likeness (QED) is 0.705. The van der Waals surface area contributed by atoms with Crippen molar-refractivity contribution in [3.05, 3.63) is 0 Å². The Kier molecular flexibility index (Phi) is 4.65. The highest BCUT2D eigenvalue weighted by Crippen LogP contribution is 2.31. The van der Waals surface area contributed by atoms with E-state index in [-0.39, 0.29) is 0 Å². The van der Waals surface area contributed by atoms with Crippen molar-refractivity contribution in [1.82, 2.24) is 14.3 Å². The lowest BCUT2D eigenvalue weighted by molar-refractivity contribution is 0.257. The van der Waals surface area contributed by atoms with Gasteiger partial charge in [-0.25, -0.2) is 4.72 Å². The van der Waals surface area contributed by atoms with Crippen molar-refractivity contribution in [2.75, 3.05) is 26.2 Å². The van der Waals surface area contributed by atoms with Crippen LogP contribution in [0.2, 0.25) is 0 Å². The fourth-order valence-electron chi connectivity index (χ4n) is 2.92. The van der Waals surface area contributed by atoms with E-state index in [4.69, 9.17) is 0 Å². The number of hydrogen-bond donors (Lipinski definition) is 2. The molecule has 0 bridgehead atoms. The molecule has 0 aromatic rings. The SMILES string of the molecule is O=S(=O)(NCCC1CC1)N1CCCC(CNC2CC2)C1. The first-order valence-corrected chi connectivity index (χ1v) is 9.55. The van der Waals surface area contributed by atoms with Gasteiger partial charge in [0.2, 0.25) is 0 Å². The zero-order valence-corrected chi connectivity index (χ0v) is 13.0. The van der Waals surface area contributed by atoms with E-state index in [1.807, 2.05) is 0 Å². The minimum atomic E-state index is -3.25. The van der Waals surface area contributed by atoms with Gasteiger partial charge in [0.05, 0.1) is 0 Å². The molecule has 5 nitrogen and oxygen atoms in total. The van der Waals surface area contributed by atoms with E-state index in [2.05, 4.69) is 10.0 Å². The minimum Gasteiger partial charge on any atom is -0.314 e. The van der Waals surface area contributed by atoms with E-state index >= 15 is 0 Å². The van der Waals surface area contributed by atoms with Crippen LogP contribution in [0.1, 0.15) is 44.9 Å². The summed E-state index contributed by atoms with van der Waals surface area (Å²) in [6.45, 7) is 2.93. The molecule has 1 aliphatic heterocycles. The Morgan fingerprint density at radius 1 is 1.05 bits per heavy atom. The third kappa shape index (κ3) is 4.41. The van der Waals surface area contributed by atoms with Crippen LogP contribution in [0, 0.1) is 11.8 Å². The van der Waals surface area contributed by atoms with Crippen molar-refractivity contribution in [2.24, 2.45) is 11.8 Å². The van der Waals surface area contributed by atoms with Crippen molar-refractivity contribution in [3.8, 4) is 0 Å². The first-order valence-electron chi connectivity index (χ1n) is 8.11. The Hall–Kier alpha value is -0.170. The van der Waals surface area contributed by atoms with Gasteiger partial charge in [0.15, 0.2) is 0 Å². The molecule has 3 aliphatic rings. The zero-order chi connectivity index (χ0) is 14.0. The summed E-state index contributed by atoms with van der Waals surface area (Å²) >= 11 is 0. The first-order chi connectivity index (χ1) is 9.63. The Labute approximate surface area is 122 Å². The topological polar surface area (TPSA) is 61.4 Å². The molecule has 116 valence electrons. The maximum Gasteiger partial charge on any atom is 0.279 e. The van der Waals surface area contributed by atoms with E-state index in [9.17, 15) is 8.42 Å². The Balaban J connectivity index is 1.43. The lowest BCUT2D eigenvalue weighted by atomic mass is 10.00. The van der Waals surface area contributed by atoms with Crippen molar-refractivity contribution < 1.29 is 8.42 Å². The molecule has 2 aliphatic carbocycles. The summed E-state index contributed by atoms with van der Waals surface area (Å²) in [6.07, 6.45) is 8.27. The van der Waals surface area contributed by atoms with Crippen LogP contribution in [0.4, 0.5) is 0 Å². The molecule has 0 spiro atoms. The van der Waals surface area contributed by atoms with Crippen LogP contribution in [-0.4, -0.2) is 44.9 Å². The number of nitrogens with one attached hydrogen (secondary N) is 2.